The molecule has 5 heterocycles. The fourth-order valence-electron chi connectivity index (χ4n) is 9.90. The topological polar surface area (TPSA) is 70.2 Å². The maximum absolute atomic E-state index is 5.30. The van der Waals surface area contributed by atoms with Crippen LogP contribution in [0.25, 0.3) is 123 Å². The molecule has 0 aliphatic heterocycles. The van der Waals surface area contributed by atoms with Crippen LogP contribution in [0, 0.1) is 0 Å². The van der Waals surface area contributed by atoms with Crippen molar-refractivity contribution in [2.24, 2.45) is 0 Å². The molecule has 0 unspecified atom stereocenters. The lowest BCUT2D eigenvalue weighted by molar-refractivity contribution is 0.986. The number of rotatable bonds is 6. The minimum absolute atomic E-state index is 0.570. The van der Waals surface area contributed by atoms with Gasteiger partial charge in [0.15, 0.2) is 0 Å². The van der Waals surface area contributed by atoms with Gasteiger partial charge in [-0.1, -0.05) is 152 Å². The van der Waals surface area contributed by atoms with E-state index >= 15 is 0 Å². The van der Waals surface area contributed by atoms with Crippen molar-refractivity contribution in [2.75, 3.05) is 0 Å². The number of nitrogens with zero attached hydrogens (tertiary/aromatic N) is 8. The summed E-state index contributed by atoms with van der Waals surface area (Å²) < 4.78 is 8.94. The van der Waals surface area contributed by atoms with Gasteiger partial charge in [0.1, 0.15) is 0 Å². The first-order valence-corrected chi connectivity index (χ1v) is 22.1. The second-order valence-corrected chi connectivity index (χ2v) is 16.8. The molecule has 0 radical (unpaired) electrons. The zero-order chi connectivity index (χ0) is 43.3. The number of para-hydroxylation sites is 5. The van der Waals surface area contributed by atoms with Crippen molar-refractivity contribution in [3.8, 4) is 56.3 Å². The quantitative estimate of drug-likeness (QED) is 0.167. The predicted octanol–water partition coefficient (Wildman–Crippen LogP) is 13.8. The van der Waals surface area contributed by atoms with Gasteiger partial charge in [-0.15, -0.1) is 0 Å². The number of fused-ring (bicyclic) bond motifs is 11. The van der Waals surface area contributed by atoms with Crippen molar-refractivity contribution in [3.63, 3.8) is 0 Å². The van der Waals surface area contributed by atoms with E-state index in [0.29, 0.717) is 5.95 Å². The Labute approximate surface area is 377 Å². The molecule has 0 saturated heterocycles. The van der Waals surface area contributed by atoms with Crippen molar-refractivity contribution in [2.45, 2.75) is 0 Å². The van der Waals surface area contributed by atoms with Crippen LogP contribution in [0.5, 0.6) is 0 Å². The number of hydrogen-bond donors (Lipinski definition) is 0. The predicted molar refractivity (Wildman–Crippen MR) is 267 cm³/mol. The molecule has 5 aromatic heterocycles. The van der Waals surface area contributed by atoms with Crippen molar-refractivity contribution in [1.29, 1.82) is 0 Å². The average molecular weight is 845 g/mol. The molecule has 8 heteroatoms. The fraction of sp³-hybridized carbons (Fsp3) is 0. The van der Waals surface area contributed by atoms with E-state index in [4.69, 9.17) is 19.9 Å². The largest absolute Gasteiger partial charge is 0.278 e. The Hall–Kier alpha value is -9.14. The first kappa shape index (κ1) is 36.4. The monoisotopic (exact) mass is 844 g/mol. The highest BCUT2D eigenvalue weighted by Crippen LogP contribution is 2.37. The summed E-state index contributed by atoms with van der Waals surface area (Å²) in [6.07, 6.45) is 0. The van der Waals surface area contributed by atoms with E-state index < -0.39 is 0 Å². The van der Waals surface area contributed by atoms with Crippen LogP contribution in [0.2, 0.25) is 0 Å². The number of aromatic nitrogens is 8. The fourth-order valence-corrected chi connectivity index (χ4v) is 9.90. The summed E-state index contributed by atoms with van der Waals surface area (Å²) in [5.41, 5.74) is 18.8. The van der Waals surface area contributed by atoms with Crippen molar-refractivity contribution in [3.05, 3.63) is 218 Å². The van der Waals surface area contributed by atoms with E-state index in [1.807, 2.05) is 24.3 Å². The molecule has 0 N–H and O–H groups in total. The van der Waals surface area contributed by atoms with Crippen LogP contribution >= 0.6 is 0 Å². The Balaban J connectivity index is 0.944. The van der Waals surface area contributed by atoms with E-state index in [-0.39, 0.29) is 0 Å². The summed E-state index contributed by atoms with van der Waals surface area (Å²) in [6.45, 7) is 0. The zero-order valence-corrected chi connectivity index (χ0v) is 35.4. The highest BCUT2D eigenvalue weighted by atomic mass is 15.3. The minimum Gasteiger partial charge on any atom is -0.278 e. The standard InChI is InChI=1S/C58H36N8/c1-3-14-37(15-4-1)38-26-28-39(29-27-38)41-18-13-19-44(34-41)63-51-32-30-42(35-53(51)64-49-24-11-9-22-47(49)60-57(63)64)43-31-33-52-54(36-43)65-50-25-12-10-23-48(50)61-58(65)66(52)56-59-46-21-8-7-20-45(46)55(62-56)40-16-5-2-6-17-40/h1-36H. The SMILES string of the molecule is c1ccc(-c2ccc(-c3cccc(-n4c5ccc(-c6ccc7c(c6)n6c8ccccc8nc6n7-c6nc(-c7ccccc7)c7ccccc7n6)cc5n5c6ccccc6nc45)c3)cc2)cc1. The second kappa shape index (κ2) is 14.2. The first-order chi connectivity index (χ1) is 32.7. The van der Waals surface area contributed by atoms with Gasteiger partial charge in [-0.3, -0.25) is 13.4 Å². The minimum atomic E-state index is 0.570. The first-order valence-electron chi connectivity index (χ1n) is 22.1. The summed E-state index contributed by atoms with van der Waals surface area (Å²) in [5, 5.41) is 1.00. The van der Waals surface area contributed by atoms with Gasteiger partial charge in [0.2, 0.25) is 17.5 Å². The van der Waals surface area contributed by atoms with Crippen LogP contribution < -0.4 is 0 Å². The van der Waals surface area contributed by atoms with E-state index in [1.165, 1.54) is 11.1 Å². The van der Waals surface area contributed by atoms with Crippen molar-refractivity contribution >= 4 is 66.6 Å². The van der Waals surface area contributed by atoms with Crippen LogP contribution in [-0.4, -0.2) is 37.9 Å². The Kier molecular flexibility index (Phi) is 7.81. The molecular formula is C58H36N8. The van der Waals surface area contributed by atoms with Gasteiger partial charge in [-0.25, -0.2) is 24.5 Å². The molecule has 0 saturated carbocycles. The number of imidazole rings is 4. The lowest BCUT2D eigenvalue weighted by Gasteiger charge is -2.11. The number of hydrogen-bond acceptors (Lipinski definition) is 4. The maximum Gasteiger partial charge on any atom is 0.238 e. The Morgan fingerprint density at radius 3 is 1.39 bits per heavy atom. The molecule has 14 rings (SSSR count). The summed E-state index contributed by atoms with van der Waals surface area (Å²) in [4.78, 5) is 21.0. The lowest BCUT2D eigenvalue weighted by Crippen LogP contribution is -2.04. The average Bonchev–Trinajstić information content (AvgIpc) is 4.13. The zero-order valence-electron chi connectivity index (χ0n) is 35.4. The van der Waals surface area contributed by atoms with Gasteiger partial charge in [0, 0.05) is 16.6 Å². The van der Waals surface area contributed by atoms with Crippen LogP contribution in [-0.2, 0) is 0 Å². The van der Waals surface area contributed by atoms with Gasteiger partial charge in [-0.2, -0.15) is 0 Å². The molecule has 14 aromatic rings. The molecule has 0 aliphatic carbocycles. The van der Waals surface area contributed by atoms with Gasteiger partial charge in [0.05, 0.1) is 55.3 Å². The highest BCUT2D eigenvalue weighted by Gasteiger charge is 2.23. The third-order valence-electron chi connectivity index (χ3n) is 13.0. The van der Waals surface area contributed by atoms with Gasteiger partial charge in [-0.05, 0) is 100 Å². The molecule has 308 valence electrons. The van der Waals surface area contributed by atoms with E-state index in [1.54, 1.807) is 0 Å². The van der Waals surface area contributed by atoms with Crippen LogP contribution in [0.4, 0.5) is 0 Å². The third-order valence-corrected chi connectivity index (χ3v) is 13.0. The molecule has 0 amide bonds. The summed E-state index contributed by atoms with van der Waals surface area (Å²) in [5.74, 6) is 2.19. The molecule has 0 spiro atoms. The molecule has 0 aliphatic rings. The van der Waals surface area contributed by atoms with Crippen molar-refractivity contribution < 1.29 is 0 Å². The van der Waals surface area contributed by atoms with E-state index in [9.17, 15) is 0 Å². The summed E-state index contributed by atoms with van der Waals surface area (Å²) in [6, 6.07) is 76.8. The van der Waals surface area contributed by atoms with Crippen molar-refractivity contribution in [1.82, 2.24) is 37.9 Å². The Morgan fingerprint density at radius 1 is 0.273 bits per heavy atom. The molecule has 0 fully saturated rings. The molecule has 0 bridgehead atoms. The molecule has 0 atom stereocenters. The Bertz CT molecular complexity index is 4210. The molecular weight excluding hydrogens is 809 g/mol. The third kappa shape index (κ3) is 5.52. The van der Waals surface area contributed by atoms with Crippen LogP contribution in [0.3, 0.4) is 0 Å². The number of benzene rings is 9. The van der Waals surface area contributed by atoms with Gasteiger partial charge in [0.25, 0.3) is 0 Å². The van der Waals surface area contributed by atoms with Crippen LogP contribution in [0.15, 0.2) is 218 Å². The molecule has 8 nitrogen and oxygen atoms in total. The maximum atomic E-state index is 5.30. The lowest BCUT2D eigenvalue weighted by atomic mass is 10.00. The molecule has 66 heavy (non-hydrogen) atoms. The van der Waals surface area contributed by atoms with Gasteiger partial charge >= 0.3 is 0 Å². The van der Waals surface area contributed by atoms with Gasteiger partial charge < -0.3 is 0 Å². The van der Waals surface area contributed by atoms with E-state index in [0.717, 1.165) is 106 Å². The highest BCUT2D eigenvalue weighted by molar-refractivity contribution is 5.98. The molecule has 9 aromatic carbocycles. The van der Waals surface area contributed by atoms with Crippen LogP contribution in [0.1, 0.15) is 0 Å². The van der Waals surface area contributed by atoms with E-state index in [2.05, 4.69) is 212 Å². The Morgan fingerprint density at radius 2 is 0.742 bits per heavy atom. The summed E-state index contributed by atoms with van der Waals surface area (Å²) >= 11 is 0. The smallest absolute Gasteiger partial charge is 0.238 e. The normalized spacial score (nSPS) is 11.9. The summed E-state index contributed by atoms with van der Waals surface area (Å²) in [7, 11) is 0. The second-order valence-electron chi connectivity index (χ2n) is 16.8.